The van der Waals surface area contributed by atoms with E-state index in [1.165, 1.54) is 0 Å². The van der Waals surface area contributed by atoms with Gasteiger partial charge in [-0.15, -0.1) is 0 Å². The second-order valence-electron chi connectivity index (χ2n) is 5.23. The van der Waals surface area contributed by atoms with Crippen molar-refractivity contribution in [2.45, 2.75) is 20.3 Å². The molecule has 0 spiro atoms. The number of carboxylic acids is 1. The zero-order chi connectivity index (χ0) is 13.5. The van der Waals surface area contributed by atoms with Crippen molar-refractivity contribution in [3.63, 3.8) is 0 Å². The van der Waals surface area contributed by atoms with E-state index in [1.807, 2.05) is 13.8 Å². The Bertz CT molecular complexity index is 525. The Morgan fingerprint density at radius 3 is 2.56 bits per heavy atom. The average Bonchev–Trinajstić information content (AvgIpc) is 2.87. The van der Waals surface area contributed by atoms with Gasteiger partial charge >= 0.3 is 5.97 Å². The highest BCUT2D eigenvalue weighted by atomic mass is 19.1. The molecule has 1 atom stereocenters. The topological polar surface area (TPSA) is 66.4 Å². The Labute approximate surface area is 104 Å². The van der Waals surface area contributed by atoms with Gasteiger partial charge < -0.3 is 10.4 Å². The number of carbonyl (C=O) groups is 2. The van der Waals surface area contributed by atoms with Crippen LogP contribution in [0.15, 0.2) is 18.2 Å². The molecule has 0 aromatic heterocycles. The van der Waals surface area contributed by atoms with Crippen molar-refractivity contribution in [1.82, 2.24) is 0 Å². The summed E-state index contributed by atoms with van der Waals surface area (Å²) in [7, 11) is 0. The molecule has 1 aliphatic carbocycles. The van der Waals surface area contributed by atoms with E-state index in [-0.39, 0.29) is 28.5 Å². The fraction of sp³-hybridized carbons (Fsp3) is 0.385. The van der Waals surface area contributed by atoms with Crippen LogP contribution in [0.2, 0.25) is 0 Å². The molecular weight excluding hydrogens is 237 g/mol. The van der Waals surface area contributed by atoms with Crippen molar-refractivity contribution < 1.29 is 19.1 Å². The van der Waals surface area contributed by atoms with Crippen LogP contribution in [0, 0.1) is 17.2 Å². The lowest BCUT2D eigenvalue weighted by molar-refractivity contribution is -0.118. The molecule has 2 rings (SSSR count). The molecule has 18 heavy (non-hydrogen) atoms. The molecule has 1 aromatic rings. The van der Waals surface area contributed by atoms with Crippen LogP contribution in [0.1, 0.15) is 30.6 Å². The predicted octanol–water partition coefficient (Wildman–Crippen LogP) is 2.51. The molecule has 1 aliphatic rings. The zero-order valence-corrected chi connectivity index (χ0v) is 10.2. The van der Waals surface area contributed by atoms with Gasteiger partial charge in [-0.3, -0.25) is 4.79 Å². The monoisotopic (exact) mass is 251 g/mol. The van der Waals surface area contributed by atoms with E-state index in [2.05, 4.69) is 5.32 Å². The van der Waals surface area contributed by atoms with Crippen LogP contribution in [-0.4, -0.2) is 17.0 Å². The molecule has 5 heteroatoms. The summed E-state index contributed by atoms with van der Waals surface area (Å²) in [4.78, 5) is 22.8. The zero-order valence-electron chi connectivity index (χ0n) is 10.2. The number of anilines is 1. The molecule has 0 saturated heterocycles. The van der Waals surface area contributed by atoms with Gasteiger partial charge in [0.15, 0.2) is 0 Å². The standard InChI is InChI=1S/C13H14FNO3/c1-13(2)6-9(13)11(16)15-10-5-7(14)3-4-8(10)12(17)18/h3-5,9H,6H2,1-2H3,(H,15,16)(H,17,18). The van der Waals surface area contributed by atoms with Gasteiger partial charge in [-0.25, -0.2) is 9.18 Å². The Morgan fingerprint density at radius 1 is 1.44 bits per heavy atom. The Hall–Kier alpha value is -1.91. The van der Waals surface area contributed by atoms with Crippen LogP contribution in [0.25, 0.3) is 0 Å². The number of hydrogen-bond acceptors (Lipinski definition) is 2. The SMILES string of the molecule is CC1(C)CC1C(=O)Nc1cc(F)ccc1C(=O)O. The fourth-order valence-electron chi connectivity index (χ4n) is 1.94. The van der Waals surface area contributed by atoms with Crippen LogP contribution in [-0.2, 0) is 4.79 Å². The lowest BCUT2D eigenvalue weighted by Crippen LogP contribution is -2.18. The summed E-state index contributed by atoms with van der Waals surface area (Å²) >= 11 is 0. The number of amides is 1. The molecular formula is C13H14FNO3. The molecule has 0 radical (unpaired) electrons. The van der Waals surface area contributed by atoms with Crippen molar-refractivity contribution in [2.24, 2.45) is 11.3 Å². The Kier molecular flexibility index (Phi) is 2.84. The lowest BCUT2D eigenvalue weighted by Gasteiger charge is -2.09. The fourth-order valence-corrected chi connectivity index (χ4v) is 1.94. The quantitative estimate of drug-likeness (QED) is 0.867. The molecule has 96 valence electrons. The summed E-state index contributed by atoms with van der Waals surface area (Å²) in [6.45, 7) is 3.92. The first kappa shape index (κ1) is 12.5. The van der Waals surface area contributed by atoms with E-state index < -0.39 is 11.8 Å². The first-order valence-electron chi connectivity index (χ1n) is 5.65. The van der Waals surface area contributed by atoms with Crippen molar-refractivity contribution >= 4 is 17.6 Å². The van der Waals surface area contributed by atoms with Crippen LogP contribution in [0.4, 0.5) is 10.1 Å². The third kappa shape index (κ3) is 2.34. The van der Waals surface area contributed by atoms with E-state index >= 15 is 0 Å². The summed E-state index contributed by atoms with van der Waals surface area (Å²) in [6, 6.07) is 3.22. The smallest absolute Gasteiger partial charge is 0.337 e. The molecule has 1 saturated carbocycles. The molecule has 1 amide bonds. The summed E-state index contributed by atoms with van der Waals surface area (Å²) in [6.07, 6.45) is 0.760. The van der Waals surface area contributed by atoms with Gasteiger partial charge in [-0.05, 0) is 30.0 Å². The first-order valence-corrected chi connectivity index (χ1v) is 5.65. The van der Waals surface area contributed by atoms with Gasteiger partial charge in [-0.1, -0.05) is 13.8 Å². The van der Waals surface area contributed by atoms with Crippen molar-refractivity contribution in [1.29, 1.82) is 0 Å². The Balaban J connectivity index is 2.21. The van der Waals surface area contributed by atoms with Gasteiger partial charge in [0.25, 0.3) is 0 Å². The number of rotatable bonds is 3. The predicted molar refractivity (Wildman–Crippen MR) is 63.9 cm³/mol. The van der Waals surface area contributed by atoms with Gasteiger partial charge in [0.05, 0.1) is 11.3 Å². The highest BCUT2D eigenvalue weighted by Crippen LogP contribution is 2.52. The minimum absolute atomic E-state index is 0.00944. The summed E-state index contributed by atoms with van der Waals surface area (Å²) in [5.41, 5.74) is -0.153. The summed E-state index contributed by atoms with van der Waals surface area (Å²) in [5, 5.41) is 11.4. The number of halogens is 1. The maximum absolute atomic E-state index is 13.1. The molecule has 1 fully saturated rings. The van der Waals surface area contributed by atoms with E-state index in [9.17, 15) is 14.0 Å². The molecule has 0 aliphatic heterocycles. The molecule has 0 heterocycles. The van der Waals surface area contributed by atoms with Crippen LogP contribution < -0.4 is 5.32 Å². The van der Waals surface area contributed by atoms with Gasteiger partial charge in [0, 0.05) is 5.92 Å². The lowest BCUT2D eigenvalue weighted by atomic mass is 10.1. The molecule has 4 nitrogen and oxygen atoms in total. The number of nitrogens with one attached hydrogen (secondary N) is 1. The van der Waals surface area contributed by atoms with E-state index in [1.54, 1.807) is 0 Å². The largest absolute Gasteiger partial charge is 0.478 e. The minimum Gasteiger partial charge on any atom is -0.478 e. The molecule has 0 bridgehead atoms. The number of hydrogen-bond donors (Lipinski definition) is 2. The van der Waals surface area contributed by atoms with E-state index in [4.69, 9.17) is 5.11 Å². The number of carbonyl (C=O) groups excluding carboxylic acids is 1. The maximum atomic E-state index is 13.1. The van der Waals surface area contributed by atoms with Gasteiger partial charge in [0.1, 0.15) is 5.82 Å². The molecule has 1 unspecified atom stereocenters. The summed E-state index contributed by atoms with van der Waals surface area (Å²) in [5.74, 6) is -2.17. The van der Waals surface area contributed by atoms with Gasteiger partial charge in [0.2, 0.25) is 5.91 Å². The second kappa shape index (κ2) is 4.08. The maximum Gasteiger partial charge on any atom is 0.337 e. The molecule has 1 aromatic carbocycles. The highest BCUT2D eigenvalue weighted by Gasteiger charge is 2.50. The van der Waals surface area contributed by atoms with Gasteiger partial charge in [-0.2, -0.15) is 0 Å². The third-order valence-corrected chi connectivity index (χ3v) is 3.30. The number of carboxylic acid groups (broad SMARTS) is 1. The Morgan fingerprint density at radius 2 is 2.06 bits per heavy atom. The highest BCUT2D eigenvalue weighted by molar-refractivity contribution is 6.02. The van der Waals surface area contributed by atoms with Crippen LogP contribution >= 0.6 is 0 Å². The normalized spacial score (nSPS) is 20.3. The first-order chi connectivity index (χ1) is 8.31. The average molecular weight is 251 g/mol. The number of aromatic carboxylic acids is 1. The van der Waals surface area contributed by atoms with Crippen molar-refractivity contribution in [3.8, 4) is 0 Å². The van der Waals surface area contributed by atoms with Crippen molar-refractivity contribution in [3.05, 3.63) is 29.6 Å². The number of benzene rings is 1. The van der Waals surface area contributed by atoms with Crippen LogP contribution in [0.3, 0.4) is 0 Å². The van der Waals surface area contributed by atoms with Crippen LogP contribution in [0.5, 0.6) is 0 Å². The summed E-state index contributed by atoms with van der Waals surface area (Å²) < 4.78 is 13.1. The minimum atomic E-state index is -1.19. The molecule has 2 N–H and O–H groups in total. The van der Waals surface area contributed by atoms with Crippen molar-refractivity contribution in [2.75, 3.05) is 5.32 Å². The second-order valence-corrected chi connectivity index (χ2v) is 5.23. The third-order valence-electron chi connectivity index (χ3n) is 3.30. The van der Waals surface area contributed by atoms with E-state index in [0.29, 0.717) is 0 Å². The van der Waals surface area contributed by atoms with E-state index in [0.717, 1.165) is 24.6 Å².